The molecule has 0 saturated carbocycles. The van der Waals surface area contributed by atoms with Gasteiger partial charge in [0.2, 0.25) is 0 Å². The van der Waals surface area contributed by atoms with Gasteiger partial charge in [0.15, 0.2) is 0 Å². The molecule has 2 nitrogen and oxygen atoms in total. The van der Waals surface area contributed by atoms with Crippen LogP contribution in [0.4, 0.5) is 0 Å². The first-order valence-corrected chi connectivity index (χ1v) is 5.89. The molecule has 2 aromatic heterocycles. The molecule has 0 bridgehead atoms. The number of benzene rings is 1. The van der Waals surface area contributed by atoms with E-state index in [2.05, 4.69) is 4.98 Å². The van der Waals surface area contributed by atoms with Crippen LogP contribution in [0.25, 0.3) is 16.9 Å². The lowest BCUT2D eigenvalue weighted by molar-refractivity contribution is 1.16. The number of nitrogens with zero attached hydrogens (tertiary/aromatic N) is 2. The number of aromatic nitrogens is 2. The summed E-state index contributed by atoms with van der Waals surface area (Å²) in [4.78, 5) is 4.39. The van der Waals surface area contributed by atoms with Crippen LogP contribution in [0.2, 0.25) is 10.0 Å². The van der Waals surface area contributed by atoms with E-state index in [-0.39, 0.29) is 0 Å². The summed E-state index contributed by atoms with van der Waals surface area (Å²) < 4.78 is 1.93. The van der Waals surface area contributed by atoms with Gasteiger partial charge in [-0.3, -0.25) is 4.40 Å². The highest BCUT2D eigenvalue weighted by Crippen LogP contribution is 2.27. The van der Waals surface area contributed by atoms with E-state index in [0.29, 0.717) is 10.0 Å². The third kappa shape index (κ3) is 1.79. The summed E-state index contributed by atoms with van der Waals surface area (Å²) in [5, 5.41) is 1.35. The number of pyridine rings is 1. The van der Waals surface area contributed by atoms with Gasteiger partial charge in [0.05, 0.1) is 21.8 Å². The Morgan fingerprint density at radius 1 is 1.00 bits per heavy atom. The van der Waals surface area contributed by atoms with Crippen molar-refractivity contribution in [1.82, 2.24) is 9.38 Å². The number of halogens is 2. The van der Waals surface area contributed by atoms with E-state index >= 15 is 0 Å². The molecule has 1 aromatic carbocycles. The van der Waals surface area contributed by atoms with Gasteiger partial charge in [-0.05, 0) is 24.3 Å². The normalized spacial score (nSPS) is 10.9. The molecule has 2 heterocycles. The fraction of sp³-hybridized carbons (Fsp3) is 0. The van der Waals surface area contributed by atoms with Crippen LogP contribution in [-0.2, 0) is 0 Å². The molecule has 0 atom stereocenters. The molecule has 0 radical (unpaired) electrons. The summed E-state index contributed by atoms with van der Waals surface area (Å²) in [5.74, 6) is 0.799. The summed E-state index contributed by atoms with van der Waals surface area (Å²) in [6.07, 6.45) is 3.64. The number of imidazole rings is 1. The number of hydrogen-bond donors (Lipinski definition) is 0. The van der Waals surface area contributed by atoms with Crippen molar-refractivity contribution in [3.05, 3.63) is 58.8 Å². The first kappa shape index (κ1) is 10.6. The Balaban J connectivity index is 2.31. The molecule has 0 aliphatic carbocycles. The first-order valence-electron chi connectivity index (χ1n) is 5.13. The fourth-order valence-corrected chi connectivity index (χ4v) is 2.19. The van der Waals surface area contributed by atoms with Crippen LogP contribution in [-0.4, -0.2) is 9.38 Å². The summed E-state index contributed by atoms with van der Waals surface area (Å²) in [5.41, 5.74) is 1.89. The molecule has 3 aromatic rings. The maximum absolute atomic E-state index is 6.17. The summed E-state index contributed by atoms with van der Waals surface area (Å²) in [6.45, 7) is 0. The average Bonchev–Trinajstić information content (AvgIpc) is 2.72. The van der Waals surface area contributed by atoms with Gasteiger partial charge in [-0.25, -0.2) is 4.98 Å². The smallest absolute Gasteiger partial charge is 0.146 e. The number of fused-ring (bicyclic) bond motifs is 1. The Morgan fingerprint density at radius 3 is 2.65 bits per heavy atom. The maximum Gasteiger partial charge on any atom is 0.146 e. The van der Waals surface area contributed by atoms with Gasteiger partial charge >= 0.3 is 0 Å². The molecule has 0 spiro atoms. The lowest BCUT2D eigenvalue weighted by atomic mass is 10.2. The van der Waals surface area contributed by atoms with Crippen molar-refractivity contribution in [3.8, 4) is 11.4 Å². The Kier molecular flexibility index (Phi) is 2.54. The van der Waals surface area contributed by atoms with Crippen LogP contribution in [0.15, 0.2) is 48.8 Å². The van der Waals surface area contributed by atoms with Crippen molar-refractivity contribution in [2.45, 2.75) is 0 Å². The van der Waals surface area contributed by atoms with Crippen molar-refractivity contribution in [2.24, 2.45) is 0 Å². The molecule has 3 rings (SSSR count). The molecule has 0 aliphatic heterocycles. The average molecular weight is 263 g/mol. The quantitative estimate of drug-likeness (QED) is 0.639. The van der Waals surface area contributed by atoms with Crippen molar-refractivity contribution in [3.63, 3.8) is 0 Å². The Labute approximate surface area is 108 Å². The zero-order valence-electron chi connectivity index (χ0n) is 8.77. The van der Waals surface area contributed by atoms with E-state index in [1.807, 2.05) is 47.0 Å². The second kappa shape index (κ2) is 4.06. The molecule has 84 valence electrons. The van der Waals surface area contributed by atoms with Gasteiger partial charge in [0, 0.05) is 11.8 Å². The lowest BCUT2D eigenvalue weighted by Gasteiger charge is -2.03. The fourth-order valence-electron chi connectivity index (χ4n) is 1.81. The van der Waals surface area contributed by atoms with E-state index < -0.39 is 0 Å². The van der Waals surface area contributed by atoms with Gasteiger partial charge in [0.1, 0.15) is 5.82 Å². The van der Waals surface area contributed by atoms with Crippen LogP contribution >= 0.6 is 23.2 Å². The second-order valence-corrected chi connectivity index (χ2v) is 4.55. The minimum atomic E-state index is 0.670. The molecule has 0 saturated heterocycles. The molecule has 0 amide bonds. The van der Waals surface area contributed by atoms with Gasteiger partial charge in [-0.2, -0.15) is 0 Å². The van der Waals surface area contributed by atoms with E-state index in [1.54, 1.807) is 6.20 Å². The molecule has 0 N–H and O–H groups in total. The molecule has 0 unspecified atom stereocenters. The monoisotopic (exact) mass is 262 g/mol. The van der Waals surface area contributed by atoms with Crippen molar-refractivity contribution >= 4 is 28.7 Å². The van der Waals surface area contributed by atoms with E-state index in [9.17, 15) is 0 Å². The zero-order valence-corrected chi connectivity index (χ0v) is 10.3. The van der Waals surface area contributed by atoms with Gasteiger partial charge in [0.25, 0.3) is 0 Å². The molecule has 4 heteroatoms. The van der Waals surface area contributed by atoms with Crippen molar-refractivity contribution in [1.29, 1.82) is 0 Å². The highest BCUT2D eigenvalue weighted by atomic mass is 35.5. The summed E-state index contributed by atoms with van der Waals surface area (Å²) in [6, 6.07) is 11.4. The third-order valence-corrected chi connectivity index (χ3v) is 3.16. The molecule has 0 fully saturated rings. The first-order chi connectivity index (χ1) is 8.25. The Bertz CT molecular complexity index is 689. The minimum Gasteiger partial charge on any atom is -0.298 e. The second-order valence-electron chi connectivity index (χ2n) is 3.70. The topological polar surface area (TPSA) is 17.3 Å². The SMILES string of the molecule is Clc1ccc2cnc(-c3ccccc3Cl)n2c1. The molecule has 0 aliphatic rings. The highest BCUT2D eigenvalue weighted by Gasteiger charge is 2.09. The lowest BCUT2D eigenvalue weighted by Crippen LogP contribution is -1.89. The predicted octanol–water partition coefficient (Wildman–Crippen LogP) is 4.31. The predicted molar refractivity (Wildman–Crippen MR) is 70.6 cm³/mol. The molecule has 17 heavy (non-hydrogen) atoms. The highest BCUT2D eigenvalue weighted by molar-refractivity contribution is 6.33. The zero-order chi connectivity index (χ0) is 11.8. The van der Waals surface area contributed by atoms with E-state index in [1.165, 1.54) is 0 Å². The maximum atomic E-state index is 6.17. The third-order valence-electron chi connectivity index (χ3n) is 2.61. The molecular formula is C13H8Cl2N2. The van der Waals surface area contributed by atoms with Crippen LogP contribution < -0.4 is 0 Å². The van der Waals surface area contributed by atoms with Gasteiger partial charge < -0.3 is 0 Å². The largest absolute Gasteiger partial charge is 0.298 e. The number of rotatable bonds is 1. The minimum absolute atomic E-state index is 0.670. The van der Waals surface area contributed by atoms with E-state index in [0.717, 1.165) is 16.9 Å². The van der Waals surface area contributed by atoms with Crippen LogP contribution in [0.1, 0.15) is 0 Å². The standard InChI is InChI=1S/C13H8Cl2N2/c14-9-5-6-10-7-16-13(17(10)8-9)11-3-1-2-4-12(11)15/h1-8H. The van der Waals surface area contributed by atoms with Crippen LogP contribution in [0.3, 0.4) is 0 Å². The Hall–Kier alpha value is -1.51. The van der Waals surface area contributed by atoms with Crippen molar-refractivity contribution < 1.29 is 0 Å². The van der Waals surface area contributed by atoms with Crippen LogP contribution in [0, 0.1) is 0 Å². The van der Waals surface area contributed by atoms with Gasteiger partial charge in [-0.15, -0.1) is 0 Å². The number of hydrogen-bond acceptors (Lipinski definition) is 1. The summed E-state index contributed by atoms with van der Waals surface area (Å²) in [7, 11) is 0. The van der Waals surface area contributed by atoms with Crippen molar-refractivity contribution in [2.75, 3.05) is 0 Å². The van der Waals surface area contributed by atoms with Crippen LogP contribution in [0.5, 0.6) is 0 Å². The van der Waals surface area contributed by atoms with Gasteiger partial charge in [-0.1, -0.05) is 35.3 Å². The van der Waals surface area contributed by atoms with E-state index in [4.69, 9.17) is 23.2 Å². The molecular weight excluding hydrogens is 255 g/mol. The Morgan fingerprint density at radius 2 is 1.82 bits per heavy atom. The summed E-state index contributed by atoms with van der Waals surface area (Å²) >= 11 is 12.2.